The first-order chi connectivity index (χ1) is 10.4. The standard InChI is InChI=1S/C12H10F6N2O3/c1-4(21)8-10(22)23-9(20-8)5-2-6(11(13,14)15)19-7(3-5)12(16,17)18/h2-4,8,10,21-22H,1H3. The van der Waals surface area contributed by atoms with Crippen molar-refractivity contribution in [2.24, 2.45) is 4.99 Å². The van der Waals surface area contributed by atoms with E-state index in [-0.39, 0.29) is 0 Å². The normalized spacial score (nSPS) is 23.4. The van der Waals surface area contributed by atoms with Crippen LogP contribution in [-0.4, -0.2) is 39.5 Å². The van der Waals surface area contributed by atoms with Gasteiger partial charge in [0.2, 0.25) is 12.2 Å². The molecule has 0 fully saturated rings. The number of rotatable bonds is 2. The van der Waals surface area contributed by atoms with Gasteiger partial charge in [-0.2, -0.15) is 26.3 Å². The second-order valence-electron chi connectivity index (χ2n) is 4.80. The highest BCUT2D eigenvalue weighted by atomic mass is 19.4. The van der Waals surface area contributed by atoms with Crippen molar-refractivity contribution in [1.82, 2.24) is 4.98 Å². The molecule has 0 saturated carbocycles. The SMILES string of the molecule is CC(O)C1N=C(c2cc(C(F)(F)F)nc(C(F)(F)F)c2)OC1O. The Morgan fingerprint density at radius 3 is 1.91 bits per heavy atom. The van der Waals surface area contributed by atoms with Crippen molar-refractivity contribution in [2.45, 2.75) is 37.7 Å². The lowest BCUT2D eigenvalue weighted by Crippen LogP contribution is -2.31. The topological polar surface area (TPSA) is 74.9 Å². The monoisotopic (exact) mass is 344 g/mol. The van der Waals surface area contributed by atoms with Crippen LogP contribution < -0.4 is 0 Å². The van der Waals surface area contributed by atoms with E-state index in [1.807, 2.05) is 0 Å². The summed E-state index contributed by atoms with van der Waals surface area (Å²) in [5.41, 5.74) is -4.20. The predicted molar refractivity (Wildman–Crippen MR) is 63.3 cm³/mol. The molecule has 128 valence electrons. The number of alkyl halides is 6. The highest BCUT2D eigenvalue weighted by Crippen LogP contribution is 2.34. The Bertz CT molecular complexity index is 594. The number of ether oxygens (including phenoxy) is 1. The third-order valence-electron chi connectivity index (χ3n) is 2.94. The maximum Gasteiger partial charge on any atom is 0.433 e. The Labute approximate surface area is 125 Å². The molecule has 0 radical (unpaired) electrons. The van der Waals surface area contributed by atoms with Crippen LogP contribution in [0.1, 0.15) is 23.9 Å². The van der Waals surface area contributed by atoms with Gasteiger partial charge in [0.25, 0.3) is 0 Å². The number of aromatic nitrogens is 1. The molecule has 3 unspecified atom stereocenters. The van der Waals surface area contributed by atoms with Crippen LogP contribution in [0.25, 0.3) is 0 Å². The number of hydrogen-bond donors (Lipinski definition) is 2. The molecule has 2 heterocycles. The summed E-state index contributed by atoms with van der Waals surface area (Å²) < 4.78 is 81.0. The zero-order valence-corrected chi connectivity index (χ0v) is 11.4. The largest absolute Gasteiger partial charge is 0.445 e. The third-order valence-corrected chi connectivity index (χ3v) is 2.94. The van der Waals surface area contributed by atoms with Crippen LogP contribution in [0.5, 0.6) is 0 Å². The van der Waals surface area contributed by atoms with Crippen molar-refractivity contribution in [1.29, 1.82) is 0 Å². The maximum atomic E-state index is 12.7. The molecule has 0 aliphatic carbocycles. The summed E-state index contributed by atoms with van der Waals surface area (Å²) >= 11 is 0. The molecule has 11 heteroatoms. The van der Waals surface area contributed by atoms with Gasteiger partial charge in [0.05, 0.1) is 6.10 Å². The molecule has 2 rings (SSSR count). The van der Waals surface area contributed by atoms with Crippen molar-refractivity contribution in [3.63, 3.8) is 0 Å². The van der Waals surface area contributed by atoms with E-state index < -0.39 is 53.6 Å². The number of hydrogen-bond acceptors (Lipinski definition) is 5. The van der Waals surface area contributed by atoms with Gasteiger partial charge in [-0.15, -0.1) is 0 Å². The van der Waals surface area contributed by atoms with Gasteiger partial charge in [0.1, 0.15) is 17.4 Å². The summed E-state index contributed by atoms with van der Waals surface area (Å²) in [6.45, 7) is 1.23. The minimum absolute atomic E-state index is 0.325. The molecule has 0 spiro atoms. The fraction of sp³-hybridized carbons (Fsp3) is 0.500. The van der Waals surface area contributed by atoms with Crippen LogP contribution in [0.15, 0.2) is 17.1 Å². The molecule has 0 aromatic carbocycles. The highest BCUT2D eigenvalue weighted by molar-refractivity contribution is 5.95. The summed E-state index contributed by atoms with van der Waals surface area (Å²) in [7, 11) is 0. The molecule has 1 aliphatic rings. The van der Waals surface area contributed by atoms with E-state index in [9.17, 15) is 36.6 Å². The fourth-order valence-electron chi connectivity index (χ4n) is 1.85. The Balaban J connectivity index is 2.53. The summed E-state index contributed by atoms with van der Waals surface area (Å²) in [5.74, 6) is -0.637. The summed E-state index contributed by atoms with van der Waals surface area (Å²) in [4.78, 5) is 6.17. The van der Waals surface area contributed by atoms with Crippen molar-refractivity contribution in [3.8, 4) is 0 Å². The van der Waals surface area contributed by atoms with E-state index in [0.29, 0.717) is 12.1 Å². The molecule has 1 aromatic heterocycles. The van der Waals surface area contributed by atoms with E-state index in [2.05, 4.69) is 9.98 Å². The van der Waals surface area contributed by atoms with Crippen LogP contribution >= 0.6 is 0 Å². The summed E-state index contributed by atoms with van der Waals surface area (Å²) in [5, 5.41) is 18.8. The van der Waals surface area contributed by atoms with E-state index in [1.165, 1.54) is 6.92 Å². The minimum atomic E-state index is -5.11. The molecule has 23 heavy (non-hydrogen) atoms. The lowest BCUT2D eigenvalue weighted by Gasteiger charge is -2.14. The first-order valence-corrected chi connectivity index (χ1v) is 6.17. The Kier molecular flexibility index (Phi) is 4.28. The van der Waals surface area contributed by atoms with Gasteiger partial charge >= 0.3 is 12.4 Å². The first-order valence-electron chi connectivity index (χ1n) is 6.17. The first kappa shape index (κ1) is 17.5. The minimum Gasteiger partial charge on any atom is -0.445 e. The zero-order valence-electron chi connectivity index (χ0n) is 11.4. The molecule has 0 saturated heterocycles. The van der Waals surface area contributed by atoms with E-state index in [0.717, 1.165) is 0 Å². The van der Waals surface area contributed by atoms with E-state index in [1.54, 1.807) is 0 Å². The van der Waals surface area contributed by atoms with Crippen LogP contribution in [0.3, 0.4) is 0 Å². The maximum absolute atomic E-state index is 12.7. The van der Waals surface area contributed by atoms with Gasteiger partial charge in [-0.3, -0.25) is 0 Å². The molecule has 0 amide bonds. The van der Waals surface area contributed by atoms with Gasteiger partial charge in [-0.05, 0) is 19.1 Å². The summed E-state index contributed by atoms with van der Waals surface area (Å²) in [6, 6.07) is -0.571. The van der Waals surface area contributed by atoms with Gasteiger partial charge < -0.3 is 14.9 Å². The Morgan fingerprint density at radius 1 is 1.09 bits per heavy atom. The predicted octanol–water partition coefficient (Wildman–Crippen LogP) is 1.96. The number of nitrogens with zero attached hydrogens (tertiary/aromatic N) is 2. The van der Waals surface area contributed by atoms with Crippen molar-refractivity contribution in [2.75, 3.05) is 0 Å². The molecule has 0 bridgehead atoms. The van der Waals surface area contributed by atoms with Crippen LogP contribution in [0.2, 0.25) is 0 Å². The van der Waals surface area contributed by atoms with E-state index >= 15 is 0 Å². The van der Waals surface area contributed by atoms with Crippen molar-refractivity contribution in [3.05, 3.63) is 29.1 Å². The molecular weight excluding hydrogens is 334 g/mol. The molecule has 2 N–H and O–H groups in total. The average molecular weight is 344 g/mol. The van der Waals surface area contributed by atoms with E-state index in [4.69, 9.17) is 4.74 Å². The third kappa shape index (κ3) is 3.72. The molecule has 1 aromatic rings. The lowest BCUT2D eigenvalue weighted by molar-refractivity contribution is -0.150. The Hall–Kier alpha value is -1.88. The van der Waals surface area contributed by atoms with Crippen LogP contribution in [0.4, 0.5) is 26.3 Å². The number of aliphatic hydroxyl groups is 2. The number of pyridine rings is 1. The number of aliphatic hydroxyl groups excluding tert-OH is 2. The lowest BCUT2D eigenvalue weighted by atomic mass is 10.1. The second-order valence-corrected chi connectivity index (χ2v) is 4.80. The zero-order chi connectivity index (χ0) is 17.6. The highest BCUT2D eigenvalue weighted by Gasteiger charge is 2.41. The van der Waals surface area contributed by atoms with Crippen molar-refractivity contribution < 1.29 is 41.3 Å². The Morgan fingerprint density at radius 2 is 1.57 bits per heavy atom. The quantitative estimate of drug-likeness (QED) is 0.805. The fourth-order valence-corrected chi connectivity index (χ4v) is 1.85. The summed E-state index contributed by atoms with van der Waals surface area (Å²) in [6.07, 6.45) is -13.1. The number of aliphatic imine (C=N–C) groups is 1. The van der Waals surface area contributed by atoms with Crippen LogP contribution in [-0.2, 0) is 17.1 Å². The van der Waals surface area contributed by atoms with Gasteiger partial charge in [0, 0.05) is 5.56 Å². The molecule has 3 atom stereocenters. The molecule has 5 nitrogen and oxygen atoms in total. The average Bonchev–Trinajstić information content (AvgIpc) is 2.78. The van der Waals surface area contributed by atoms with Gasteiger partial charge in [-0.25, -0.2) is 9.98 Å². The molecule has 1 aliphatic heterocycles. The van der Waals surface area contributed by atoms with Crippen molar-refractivity contribution >= 4 is 5.90 Å². The van der Waals surface area contributed by atoms with Gasteiger partial charge in [-0.1, -0.05) is 0 Å². The molecular formula is C12H10F6N2O3. The van der Waals surface area contributed by atoms with Crippen LogP contribution in [0, 0.1) is 0 Å². The van der Waals surface area contributed by atoms with Gasteiger partial charge in [0.15, 0.2) is 0 Å². The second kappa shape index (κ2) is 5.64. The smallest absolute Gasteiger partial charge is 0.433 e. The number of halogens is 6.